The van der Waals surface area contributed by atoms with E-state index >= 15 is 0 Å². The highest BCUT2D eigenvalue weighted by atomic mass is 35.5. The lowest BCUT2D eigenvalue weighted by Gasteiger charge is -2.37. The molecule has 2 N–H and O–H groups in total. The Morgan fingerprint density at radius 2 is 2.23 bits per heavy atom. The maximum atomic E-state index is 12.1. The number of aromatic nitrogens is 1. The lowest BCUT2D eigenvalue weighted by atomic mass is 9.79. The number of amides is 1. The monoisotopic (exact) mass is 329 g/mol. The summed E-state index contributed by atoms with van der Waals surface area (Å²) in [6.45, 7) is 5.08. The second kappa shape index (κ2) is 7.94. The summed E-state index contributed by atoms with van der Waals surface area (Å²) >= 11 is 5.91. The number of piperidine rings is 1. The molecule has 0 aliphatic carbocycles. The smallest absolute Gasteiger partial charge is 0.229 e. The van der Waals surface area contributed by atoms with Crippen molar-refractivity contribution in [3.05, 3.63) is 16.5 Å². The number of ether oxygens (including phenoxy) is 1. The van der Waals surface area contributed by atoms with Gasteiger partial charge in [0.1, 0.15) is 0 Å². The lowest BCUT2D eigenvalue weighted by Crippen LogP contribution is -2.47. The first-order valence-corrected chi connectivity index (χ1v) is 8.01. The number of nitrogens with zero attached hydrogens (tertiary/aromatic N) is 1. The van der Waals surface area contributed by atoms with E-state index in [0.29, 0.717) is 26.0 Å². The molecule has 2 rings (SSSR count). The van der Waals surface area contributed by atoms with Crippen LogP contribution in [-0.2, 0) is 16.0 Å². The number of rotatable bonds is 7. The molecule has 0 unspecified atom stereocenters. The van der Waals surface area contributed by atoms with Crippen LogP contribution in [0.1, 0.15) is 30.5 Å². The highest BCUT2D eigenvalue weighted by Crippen LogP contribution is 2.28. The zero-order chi connectivity index (χ0) is 16.0. The molecule has 1 saturated heterocycles. The van der Waals surface area contributed by atoms with Crippen LogP contribution in [0.3, 0.4) is 0 Å². The van der Waals surface area contributed by atoms with E-state index in [1.54, 1.807) is 7.11 Å². The van der Waals surface area contributed by atoms with Crippen molar-refractivity contribution >= 4 is 17.5 Å². The van der Waals surface area contributed by atoms with Crippen molar-refractivity contribution in [2.75, 3.05) is 33.4 Å². The summed E-state index contributed by atoms with van der Waals surface area (Å²) in [5, 5.41) is 10.4. The summed E-state index contributed by atoms with van der Waals surface area (Å²) in [5.74, 6) is 0.0191. The molecule has 1 fully saturated rings. The largest absolute Gasteiger partial charge is 0.384 e. The van der Waals surface area contributed by atoms with Crippen molar-refractivity contribution < 1.29 is 14.1 Å². The Morgan fingerprint density at radius 1 is 1.50 bits per heavy atom. The topological polar surface area (TPSA) is 76.4 Å². The molecule has 1 aliphatic heterocycles. The molecule has 1 aromatic heterocycles. The van der Waals surface area contributed by atoms with Crippen LogP contribution in [-0.4, -0.2) is 44.4 Å². The number of hydrogen-bond acceptors (Lipinski definition) is 5. The van der Waals surface area contributed by atoms with Crippen LogP contribution in [0, 0.1) is 12.3 Å². The standard InChI is InChI=1S/C15H24ClN3O3/c1-11-12(14(16)22-19-11)3-4-13(20)18-9-15(10-21-2)5-7-17-8-6-15/h17H,3-10H2,1-2H3,(H,18,20). The number of carbonyl (C=O) groups excluding carboxylic acids is 1. The first-order valence-electron chi connectivity index (χ1n) is 7.63. The van der Waals surface area contributed by atoms with Gasteiger partial charge in [-0.1, -0.05) is 5.16 Å². The minimum atomic E-state index is 0.0191. The zero-order valence-electron chi connectivity index (χ0n) is 13.2. The van der Waals surface area contributed by atoms with E-state index in [1.165, 1.54) is 0 Å². The van der Waals surface area contributed by atoms with Gasteiger partial charge < -0.3 is 19.9 Å². The SMILES string of the molecule is COCC1(CNC(=O)CCc2c(C)noc2Cl)CCNCC1. The molecule has 1 amide bonds. The predicted molar refractivity (Wildman–Crippen MR) is 84.0 cm³/mol. The van der Waals surface area contributed by atoms with Gasteiger partial charge in [-0.25, -0.2) is 0 Å². The number of methoxy groups -OCH3 is 1. The average molecular weight is 330 g/mol. The molecule has 0 radical (unpaired) electrons. The third kappa shape index (κ3) is 4.44. The van der Waals surface area contributed by atoms with Crippen molar-refractivity contribution in [1.29, 1.82) is 0 Å². The van der Waals surface area contributed by atoms with E-state index in [2.05, 4.69) is 15.8 Å². The molecule has 1 aliphatic rings. The van der Waals surface area contributed by atoms with Crippen molar-refractivity contribution in [3.8, 4) is 0 Å². The number of nitrogens with one attached hydrogen (secondary N) is 2. The van der Waals surface area contributed by atoms with Gasteiger partial charge in [-0.2, -0.15) is 0 Å². The van der Waals surface area contributed by atoms with Gasteiger partial charge in [0.2, 0.25) is 11.1 Å². The Morgan fingerprint density at radius 3 is 2.82 bits per heavy atom. The molecular weight excluding hydrogens is 306 g/mol. The number of aryl methyl sites for hydroxylation is 1. The van der Waals surface area contributed by atoms with Crippen molar-refractivity contribution in [1.82, 2.24) is 15.8 Å². The molecule has 22 heavy (non-hydrogen) atoms. The van der Waals surface area contributed by atoms with E-state index in [0.717, 1.165) is 37.2 Å². The van der Waals surface area contributed by atoms with Gasteiger partial charge in [0.15, 0.2) is 0 Å². The molecule has 6 nitrogen and oxygen atoms in total. The molecule has 7 heteroatoms. The first-order chi connectivity index (χ1) is 10.6. The third-order valence-corrected chi connectivity index (χ3v) is 4.61. The van der Waals surface area contributed by atoms with Gasteiger partial charge in [-0.3, -0.25) is 4.79 Å². The zero-order valence-corrected chi connectivity index (χ0v) is 14.0. The minimum absolute atomic E-state index is 0.0191. The Balaban J connectivity index is 1.81. The van der Waals surface area contributed by atoms with Crippen LogP contribution < -0.4 is 10.6 Å². The number of halogens is 1. The lowest BCUT2D eigenvalue weighted by molar-refractivity contribution is -0.122. The molecule has 2 heterocycles. The molecule has 0 bridgehead atoms. The summed E-state index contributed by atoms with van der Waals surface area (Å²) in [5.41, 5.74) is 1.60. The second-order valence-electron chi connectivity index (χ2n) is 5.98. The summed E-state index contributed by atoms with van der Waals surface area (Å²) < 4.78 is 10.2. The molecule has 0 spiro atoms. The molecular formula is C15H24ClN3O3. The van der Waals surface area contributed by atoms with Crippen LogP contribution in [0.25, 0.3) is 0 Å². The molecule has 0 atom stereocenters. The maximum Gasteiger partial charge on any atom is 0.229 e. The average Bonchev–Trinajstić information content (AvgIpc) is 2.83. The summed E-state index contributed by atoms with van der Waals surface area (Å²) in [7, 11) is 1.71. The molecule has 1 aromatic rings. The van der Waals surface area contributed by atoms with E-state index in [-0.39, 0.29) is 16.5 Å². The molecule has 124 valence electrons. The minimum Gasteiger partial charge on any atom is -0.384 e. The molecule has 0 saturated carbocycles. The van der Waals surface area contributed by atoms with E-state index in [9.17, 15) is 4.79 Å². The second-order valence-corrected chi connectivity index (χ2v) is 6.32. The highest BCUT2D eigenvalue weighted by molar-refractivity contribution is 6.29. The van der Waals surface area contributed by atoms with Gasteiger partial charge in [-0.15, -0.1) is 0 Å². The highest BCUT2D eigenvalue weighted by Gasteiger charge is 2.32. The van der Waals surface area contributed by atoms with Crippen LogP contribution >= 0.6 is 11.6 Å². The Hall–Kier alpha value is -1.11. The fourth-order valence-electron chi connectivity index (χ4n) is 2.89. The molecule has 0 aromatic carbocycles. The normalized spacial score (nSPS) is 17.4. The Kier molecular flexibility index (Phi) is 6.23. The van der Waals surface area contributed by atoms with Crippen molar-refractivity contribution in [2.45, 2.75) is 32.6 Å². The Bertz CT molecular complexity index is 473. The van der Waals surface area contributed by atoms with Crippen LogP contribution in [0.15, 0.2) is 4.52 Å². The summed E-state index contributed by atoms with van der Waals surface area (Å²) in [6.07, 6.45) is 2.94. The van der Waals surface area contributed by atoms with E-state index < -0.39 is 0 Å². The van der Waals surface area contributed by atoms with Gasteiger partial charge in [0.25, 0.3) is 0 Å². The van der Waals surface area contributed by atoms with Gasteiger partial charge in [0.05, 0.1) is 12.3 Å². The summed E-state index contributed by atoms with van der Waals surface area (Å²) in [4.78, 5) is 12.1. The fraction of sp³-hybridized carbons (Fsp3) is 0.733. The van der Waals surface area contributed by atoms with Gasteiger partial charge in [-0.05, 0) is 50.9 Å². The first kappa shape index (κ1) is 17.2. The van der Waals surface area contributed by atoms with Crippen LogP contribution in [0.5, 0.6) is 0 Å². The van der Waals surface area contributed by atoms with Crippen molar-refractivity contribution in [2.24, 2.45) is 5.41 Å². The predicted octanol–water partition coefficient (Wildman–Crippen LogP) is 1.70. The summed E-state index contributed by atoms with van der Waals surface area (Å²) in [6, 6.07) is 0. The fourth-order valence-corrected chi connectivity index (χ4v) is 3.15. The van der Waals surface area contributed by atoms with E-state index in [4.69, 9.17) is 20.9 Å². The van der Waals surface area contributed by atoms with Crippen LogP contribution in [0.2, 0.25) is 5.22 Å². The van der Waals surface area contributed by atoms with Gasteiger partial charge in [0, 0.05) is 31.1 Å². The van der Waals surface area contributed by atoms with E-state index in [1.807, 2.05) is 6.92 Å². The Labute approximate surface area is 135 Å². The number of carbonyl (C=O) groups is 1. The maximum absolute atomic E-state index is 12.1. The van der Waals surface area contributed by atoms with Crippen molar-refractivity contribution in [3.63, 3.8) is 0 Å². The number of hydrogen-bond donors (Lipinski definition) is 2. The quantitative estimate of drug-likeness (QED) is 0.796. The van der Waals surface area contributed by atoms with Crippen LogP contribution in [0.4, 0.5) is 0 Å². The third-order valence-electron chi connectivity index (χ3n) is 4.31. The van der Waals surface area contributed by atoms with Gasteiger partial charge >= 0.3 is 0 Å².